The first-order valence-electron chi connectivity index (χ1n) is 9.68. The number of rotatable bonds is 6. The van der Waals surface area contributed by atoms with Gasteiger partial charge in [-0.05, 0) is 62.5 Å². The first kappa shape index (κ1) is 23.1. The van der Waals surface area contributed by atoms with Crippen LogP contribution in [0.25, 0.3) is 5.69 Å². The summed E-state index contributed by atoms with van der Waals surface area (Å²) in [6, 6.07) is 13.9. The predicted molar refractivity (Wildman–Crippen MR) is 120 cm³/mol. The molecule has 0 atom stereocenters. The van der Waals surface area contributed by atoms with Crippen LogP contribution in [0.5, 0.6) is 0 Å². The lowest BCUT2D eigenvalue weighted by Crippen LogP contribution is -2.29. The fraction of sp³-hybridized carbons (Fsp3) is 0.381. The quantitative estimate of drug-likeness (QED) is 0.644. The van der Waals surface area contributed by atoms with Crippen molar-refractivity contribution in [2.45, 2.75) is 38.1 Å². The molecule has 0 aliphatic carbocycles. The molecule has 8 heteroatoms. The number of benzene rings is 1. The first-order chi connectivity index (χ1) is 13.3. The number of para-hydroxylation sites is 1. The number of aromatic nitrogens is 4. The van der Waals surface area contributed by atoms with Gasteiger partial charge < -0.3 is 5.32 Å². The fourth-order valence-electron chi connectivity index (χ4n) is 3.71. The van der Waals surface area contributed by atoms with Crippen LogP contribution in [0, 0.1) is 0 Å². The molecule has 1 saturated heterocycles. The van der Waals surface area contributed by atoms with Crippen molar-refractivity contribution >= 4 is 24.8 Å². The molecular weight excluding hydrogens is 409 g/mol. The summed E-state index contributed by atoms with van der Waals surface area (Å²) in [5, 5.41) is 8.15. The lowest BCUT2D eigenvalue weighted by molar-refractivity contribution is 0.436. The smallest absolute Gasteiger partial charge is 0.317 e. The van der Waals surface area contributed by atoms with Gasteiger partial charge in [0.1, 0.15) is 5.82 Å². The van der Waals surface area contributed by atoms with E-state index < -0.39 is 0 Å². The summed E-state index contributed by atoms with van der Waals surface area (Å²) in [5.74, 6) is 1.22. The normalized spacial score (nSPS) is 14.1. The number of hydrogen-bond acceptors (Lipinski definition) is 4. The van der Waals surface area contributed by atoms with E-state index in [0.29, 0.717) is 12.5 Å². The monoisotopic (exact) mass is 435 g/mol. The minimum absolute atomic E-state index is 0. The summed E-state index contributed by atoms with van der Waals surface area (Å²) in [5.41, 5.74) is 2.04. The summed E-state index contributed by atoms with van der Waals surface area (Å²) < 4.78 is 3.45. The Bertz CT molecular complexity index is 921. The van der Waals surface area contributed by atoms with Gasteiger partial charge in [0.25, 0.3) is 0 Å². The maximum absolute atomic E-state index is 13.1. The summed E-state index contributed by atoms with van der Waals surface area (Å²) in [6.45, 7) is 2.56. The SMILES string of the molecule is Cl.Cl.O=c1n(CCCc2cccnc2)nc(C2CCNCC2)n1-c1ccccc1. The predicted octanol–water partition coefficient (Wildman–Crippen LogP) is 3.37. The molecule has 6 nitrogen and oxygen atoms in total. The van der Waals surface area contributed by atoms with Gasteiger partial charge in [-0.25, -0.2) is 14.0 Å². The van der Waals surface area contributed by atoms with Crippen LogP contribution in [-0.2, 0) is 13.0 Å². The lowest BCUT2D eigenvalue weighted by Gasteiger charge is -2.22. The highest BCUT2D eigenvalue weighted by Crippen LogP contribution is 2.24. The Hall–Kier alpha value is -2.15. The Kier molecular flexibility index (Phi) is 8.89. The number of nitrogens with zero attached hydrogens (tertiary/aromatic N) is 4. The van der Waals surface area contributed by atoms with E-state index in [-0.39, 0.29) is 30.5 Å². The summed E-state index contributed by atoms with van der Waals surface area (Å²) in [4.78, 5) is 17.3. The third-order valence-electron chi connectivity index (χ3n) is 5.14. The first-order valence-corrected chi connectivity index (χ1v) is 9.68. The molecule has 29 heavy (non-hydrogen) atoms. The number of nitrogens with one attached hydrogen (secondary N) is 1. The Morgan fingerprint density at radius 3 is 2.48 bits per heavy atom. The van der Waals surface area contributed by atoms with Crippen LogP contribution in [0.15, 0.2) is 59.7 Å². The van der Waals surface area contributed by atoms with Crippen LogP contribution in [-0.4, -0.2) is 32.4 Å². The van der Waals surface area contributed by atoms with Crippen LogP contribution in [0.1, 0.15) is 36.6 Å². The van der Waals surface area contributed by atoms with E-state index in [4.69, 9.17) is 5.10 Å². The van der Waals surface area contributed by atoms with Gasteiger partial charge in [-0.1, -0.05) is 24.3 Å². The molecule has 0 bridgehead atoms. The highest BCUT2D eigenvalue weighted by atomic mass is 35.5. The summed E-state index contributed by atoms with van der Waals surface area (Å²) in [6.07, 6.45) is 7.44. The average Bonchev–Trinajstić information content (AvgIpc) is 3.06. The molecule has 0 radical (unpaired) electrons. The highest BCUT2D eigenvalue weighted by Gasteiger charge is 2.24. The van der Waals surface area contributed by atoms with E-state index in [1.807, 2.05) is 42.6 Å². The third-order valence-corrected chi connectivity index (χ3v) is 5.14. The molecule has 3 aromatic rings. The second-order valence-electron chi connectivity index (χ2n) is 7.02. The molecule has 0 amide bonds. The van der Waals surface area contributed by atoms with Crippen molar-refractivity contribution in [2.24, 2.45) is 0 Å². The molecule has 1 N–H and O–H groups in total. The van der Waals surface area contributed by atoms with Gasteiger partial charge in [0.05, 0.1) is 5.69 Å². The number of aryl methyl sites for hydroxylation is 2. The molecule has 2 aromatic heterocycles. The molecule has 0 saturated carbocycles. The highest BCUT2D eigenvalue weighted by molar-refractivity contribution is 5.85. The van der Waals surface area contributed by atoms with E-state index in [0.717, 1.165) is 50.3 Å². The number of piperidine rings is 1. The zero-order valence-corrected chi connectivity index (χ0v) is 17.9. The molecule has 1 aliphatic heterocycles. The topological polar surface area (TPSA) is 64.7 Å². The largest absolute Gasteiger partial charge is 0.350 e. The fourth-order valence-corrected chi connectivity index (χ4v) is 3.71. The van der Waals surface area contributed by atoms with Crippen molar-refractivity contribution in [1.29, 1.82) is 0 Å². The number of hydrogen-bond donors (Lipinski definition) is 1. The van der Waals surface area contributed by atoms with Crippen molar-refractivity contribution in [2.75, 3.05) is 13.1 Å². The molecule has 0 unspecified atom stereocenters. The van der Waals surface area contributed by atoms with Crippen molar-refractivity contribution in [3.63, 3.8) is 0 Å². The van der Waals surface area contributed by atoms with E-state index in [9.17, 15) is 4.79 Å². The van der Waals surface area contributed by atoms with E-state index in [1.54, 1.807) is 15.4 Å². The Labute approximate surface area is 183 Å². The molecule has 1 aromatic carbocycles. The van der Waals surface area contributed by atoms with E-state index in [1.165, 1.54) is 5.56 Å². The van der Waals surface area contributed by atoms with Gasteiger partial charge in [-0.2, -0.15) is 5.10 Å². The molecule has 1 fully saturated rings. The zero-order valence-electron chi connectivity index (χ0n) is 16.2. The maximum atomic E-state index is 13.1. The number of halogens is 2. The van der Waals surface area contributed by atoms with E-state index >= 15 is 0 Å². The van der Waals surface area contributed by atoms with Crippen molar-refractivity contribution in [3.05, 3.63) is 76.7 Å². The standard InChI is InChI=1S/C21H25N5O.2ClH/c27-21-25(15-5-7-17-6-4-12-23-16-17)24-20(18-10-13-22-14-11-18)26(21)19-8-2-1-3-9-19;;/h1-4,6,8-9,12,16,18,22H,5,7,10-11,13-15H2;2*1H. The lowest BCUT2D eigenvalue weighted by atomic mass is 9.97. The van der Waals surface area contributed by atoms with Crippen molar-refractivity contribution in [3.8, 4) is 5.69 Å². The summed E-state index contributed by atoms with van der Waals surface area (Å²) in [7, 11) is 0. The second-order valence-corrected chi connectivity index (χ2v) is 7.02. The van der Waals surface area contributed by atoms with Gasteiger partial charge in [0.15, 0.2) is 0 Å². The maximum Gasteiger partial charge on any atom is 0.350 e. The van der Waals surface area contributed by atoms with Gasteiger partial charge in [-0.15, -0.1) is 24.8 Å². The molecule has 3 heterocycles. The van der Waals surface area contributed by atoms with Crippen molar-refractivity contribution in [1.82, 2.24) is 24.6 Å². The van der Waals surface area contributed by atoms with Crippen LogP contribution < -0.4 is 11.0 Å². The van der Waals surface area contributed by atoms with Gasteiger partial charge in [0, 0.05) is 24.9 Å². The molecular formula is C21H27Cl2N5O. The Morgan fingerprint density at radius 2 is 1.79 bits per heavy atom. The summed E-state index contributed by atoms with van der Waals surface area (Å²) >= 11 is 0. The van der Waals surface area contributed by atoms with Gasteiger partial charge >= 0.3 is 5.69 Å². The second kappa shape index (κ2) is 11.1. The number of pyridine rings is 1. The van der Waals surface area contributed by atoms with Crippen LogP contribution in [0.3, 0.4) is 0 Å². The average molecular weight is 436 g/mol. The molecule has 0 spiro atoms. The van der Waals surface area contributed by atoms with E-state index in [2.05, 4.69) is 16.4 Å². The van der Waals surface area contributed by atoms with Gasteiger partial charge in [-0.3, -0.25) is 4.98 Å². The van der Waals surface area contributed by atoms with Crippen molar-refractivity contribution < 1.29 is 0 Å². The molecule has 156 valence electrons. The molecule has 1 aliphatic rings. The van der Waals surface area contributed by atoms with Crippen LogP contribution in [0.4, 0.5) is 0 Å². The third kappa shape index (κ3) is 5.47. The van der Waals surface area contributed by atoms with Gasteiger partial charge in [0.2, 0.25) is 0 Å². The van der Waals surface area contributed by atoms with Crippen LogP contribution >= 0.6 is 24.8 Å². The Balaban J connectivity index is 0.00000150. The molecule has 4 rings (SSSR count). The zero-order chi connectivity index (χ0) is 18.5. The minimum atomic E-state index is -0.0408. The minimum Gasteiger partial charge on any atom is -0.317 e. The Morgan fingerprint density at radius 1 is 1.03 bits per heavy atom. The van der Waals surface area contributed by atoms with Crippen LogP contribution in [0.2, 0.25) is 0 Å².